The summed E-state index contributed by atoms with van der Waals surface area (Å²) in [7, 11) is 1.45. The number of benzene rings is 2. The first-order chi connectivity index (χ1) is 14.6. The molecule has 0 atom stereocenters. The molecule has 2 aromatic heterocycles. The molecule has 0 aliphatic rings. The van der Waals surface area contributed by atoms with E-state index >= 15 is 0 Å². The summed E-state index contributed by atoms with van der Waals surface area (Å²) >= 11 is 0. The minimum Gasteiger partial charge on any atom is -0.493 e. The van der Waals surface area contributed by atoms with Crippen molar-refractivity contribution in [3.8, 4) is 11.4 Å². The van der Waals surface area contributed by atoms with Gasteiger partial charge in [0, 0.05) is 22.7 Å². The number of fused-ring (bicyclic) bond motifs is 1. The van der Waals surface area contributed by atoms with E-state index in [2.05, 4.69) is 17.0 Å². The molecular weight excluding hydrogens is 382 g/mol. The first kappa shape index (κ1) is 19.4. The summed E-state index contributed by atoms with van der Waals surface area (Å²) in [4.78, 5) is 28.4. The molecule has 7 nitrogen and oxygen atoms in total. The number of hydrogen-bond donors (Lipinski definition) is 1. The summed E-state index contributed by atoms with van der Waals surface area (Å²) in [5, 5.41) is 5.08. The second-order valence-electron chi connectivity index (χ2n) is 6.72. The van der Waals surface area contributed by atoms with Gasteiger partial charge >= 0.3 is 5.97 Å². The largest absolute Gasteiger partial charge is 0.493 e. The average Bonchev–Trinajstić information content (AvgIpc) is 3.42. The molecule has 0 saturated heterocycles. The van der Waals surface area contributed by atoms with Crippen LogP contribution in [0.1, 0.15) is 33.3 Å². The third kappa shape index (κ3) is 3.57. The van der Waals surface area contributed by atoms with Crippen LogP contribution in [0.4, 0.5) is 0 Å². The SMILES string of the molecule is CCc1cccc2c(C(=O)COC(=O)c3nn(-c4ccccc4)cc3OC)c[nH]c12. The highest BCUT2D eigenvalue weighted by Crippen LogP contribution is 2.23. The number of para-hydroxylation sites is 2. The second kappa shape index (κ2) is 8.24. The number of methoxy groups -OCH3 is 1. The lowest BCUT2D eigenvalue weighted by Crippen LogP contribution is -2.15. The molecule has 0 spiro atoms. The van der Waals surface area contributed by atoms with E-state index in [0.717, 1.165) is 28.6 Å². The Hall–Kier alpha value is -3.87. The third-order valence-corrected chi connectivity index (χ3v) is 4.93. The van der Waals surface area contributed by atoms with Crippen LogP contribution >= 0.6 is 0 Å². The number of nitrogens with one attached hydrogen (secondary N) is 1. The third-order valence-electron chi connectivity index (χ3n) is 4.93. The van der Waals surface area contributed by atoms with Gasteiger partial charge in [-0.25, -0.2) is 9.48 Å². The number of rotatable bonds is 7. The van der Waals surface area contributed by atoms with Crippen LogP contribution in [-0.2, 0) is 11.2 Å². The number of carbonyl (C=O) groups excluding carboxylic acids is 2. The Morgan fingerprint density at radius 3 is 2.63 bits per heavy atom. The zero-order valence-corrected chi connectivity index (χ0v) is 16.7. The first-order valence-corrected chi connectivity index (χ1v) is 9.60. The minimum atomic E-state index is -0.719. The summed E-state index contributed by atoms with van der Waals surface area (Å²) in [6, 6.07) is 15.1. The lowest BCUT2D eigenvalue weighted by molar-refractivity contribution is 0.0465. The van der Waals surface area contributed by atoms with Gasteiger partial charge in [0.15, 0.2) is 12.4 Å². The van der Waals surface area contributed by atoms with E-state index in [4.69, 9.17) is 9.47 Å². The minimum absolute atomic E-state index is 0.0151. The smallest absolute Gasteiger partial charge is 0.363 e. The van der Waals surface area contributed by atoms with E-state index in [-0.39, 0.29) is 23.8 Å². The Bertz CT molecular complexity index is 1210. The summed E-state index contributed by atoms with van der Waals surface area (Å²) in [6.45, 7) is 1.67. The topological polar surface area (TPSA) is 86.2 Å². The molecule has 0 saturated carbocycles. The van der Waals surface area contributed by atoms with Crippen molar-refractivity contribution in [1.29, 1.82) is 0 Å². The molecule has 0 aliphatic carbocycles. The predicted octanol–water partition coefficient (Wildman–Crippen LogP) is 3.96. The van der Waals surface area contributed by atoms with Gasteiger partial charge in [-0.15, -0.1) is 0 Å². The second-order valence-corrected chi connectivity index (χ2v) is 6.72. The Balaban J connectivity index is 1.51. The van der Waals surface area contributed by atoms with Gasteiger partial charge in [0.2, 0.25) is 11.5 Å². The van der Waals surface area contributed by atoms with Crippen molar-refractivity contribution in [2.45, 2.75) is 13.3 Å². The number of hydrogen-bond acceptors (Lipinski definition) is 5. The quantitative estimate of drug-likeness (QED) is 0.373. The van der Waals surface area contributed by atoms with Crippen molar-refractivity contribution in [2.24, 2.45) is 0 Å². The van der Waals surface area contributed by atoms with E-state index in [0.29, 0.717) is 5.56 Å². The number of H-pyrrole nitrogens is 1. The van der Waals surface area contributed by atoms with Crippen molar-refractivity contribution in [3.05, 3.63) is 77.7 Å². The zero-order valence-electron chi connectivity index (χ0n) is 16.7. The number of aromatic nitrogens is 3. The summed E-state index contributed by atoms with van der Waals surface area (Å²) < 4.78 is 12.0. The molecule has 0 unspecified atom stereocenters. The lowest BCUT2D eigenvalue weighted by Gasteiger charge is -2.04. The predicted molar refractivity (Wildman–Crippen MR) is 112 cm³/mol. The van der Waals surface area contributed by atoms with Crippen LogP contribution in [0.15, 0.2) is 60.9 Å². The molecule has 1 N–H and O–H groups in total. The molecule has 4 rings (SSSR count). The molecule has 7 heteroatoms. The molecule has 0 aliphatic heterocycles. The van der Waals surface area contributed by atoms with E-state index in [1.54, 1.807) is 12.4 Å². The van der Waals surface area contributed by atoms with Gasteiger partial charge in [0.05, 0.1) is 19.0 Å². The van der Waals surface area contributed by atoms with Crippen LogP contribution in [0.3, 0.4) is 0 Å². The Morgan fingerprint density at radius 1 is 1.10 bits per heavy atom. The van der Waals surface area contributed by atoms with Crippen LogP contribution < -0.4 is 4.74 Å². The molecule has 2 aromatic carbocycles. The Labute approximate surface area is 173 Å². The lowest BCUT2D eigenvalue weighted by atomic mass is 10.1. The fraction of sp³-hybridized carbons (Fsp3) is 0.174. The molecule has 30 heavy (non-hydrogen) atoms. The van der Waals surface area contributed by atoms with Crippen LogP contribution in [-0.4, -0.2) is 40.2 Å². The highest BCUT2D eigenvalue weighted by Gasteiger charge is 2.22. The maximum absolute atomic E-state index is 12.7. The maximum Gasteiger partial charge on any atom is 0.363 e. The van der Waals surface area contributed by atoms with E-state index in [9.17, 15) is 9.59 Å². The molecule has 4 aromatic rings. The van der Waals surface area contributed by atoms with Crippen molar-refractivity contribution in [1.82, 2.24) is 14.8 Å². The van der Waals surface area contributed by atoms with Gasteiger partial charge in [-0.2, -0.15) is 5.10 Å². The molecule has 0 radical (unpaired) electrons. The summed E-state index contributed by atoms with van der Waals surface area (Å²) in [6.07, 6.45) is 4.11. The van der Waals surface area contributed by atoms with Crippen LogP contribution in [0.25, 0.3) is 16.6 Å². The van der Waals surface area contributed by atoms with Gasteiger partial charge in [-0.3, -0.25) is 4.79 Å². The van der Waals surface area contributed by atoms with Gasteiger partial charge in [-0.1, -0.05) is 43.3 Å². The van der Waals surface area contributed by atoms with Crippen LogP contribution in [0.5, 0.6) is 5.75 Å². The van der Waals surface area contributed by atoms with Crippen molar-refractivity contribution in [2.75, 3.05) is 13.7 Å². The van der Waals surface area contributed by atoms with Crippen molar-refractivity contribution in [3.63, 3.8) is 0 Å². The van der Waals surface area contributed by atoms with Crippen molar-refractivity contribution < 1.29 is 19.1 Å². The van der Waals surface area contributed by atoms with E-state index < -0.39 is 5.97 Å². The van der Waals surface area contributed by atoms with E-state index in [1.807, 2.05) is 48.5 Å². The number of Topliss-reactive ketones (excluding diaryl/α,β-unsaturated/α-hetero) is 1. The highest BCUT2D eigenvalue weighted by atomic mass is 16.5. The normalized spacial score (nSPS) is 10.9. The van der Waals surface area contributed by atoms with Gasteiger partial charge in [0.25, 0.3) is 0 Å². The zero-order chi connectivity index (χ0) is 21.1. The monoisotopic (exact) mass is 403 g/mol. The summed E-state index contributed by atoms with van der Waals surface area (Å²) in [5.41, 5.74) is 3.34. The number of carbonyl (C=O) groups is 2. The number of ketones is 1. The van der Waals surface area contributed by atoms with Crippen molar-refractivity contribution >= 4 is 22.7 Å². The summed E-state index contributed by atoms with van der Waals surface area (Å²) in [5.74, 6) is -0.732. The maximum atomic E-state index is 12.7. The number of aromatic amines is 1. The highest BCUT2D eigenvalue weighted by molar-refractivity contribution is 6.09. The van der Waals surface area contributed by atoms with Crippen LogP contribution in [0, 0.1) is 0 Å². The fourth-order valence-electron chi connectivity index (χ4n) is 3.38. The molecule has 0 fully saturated rings. The number of ether oxygens (including phenoxy) is 2. The molecule has 152 valence electrons. The molecule has 2 heterocycles. The number of aryl methyl sites for hydroxylation is 1. The average molecular weight is 403 g/mol. The Kier molecular flexibility index (Phi) is 5.34. The van der Waals surface area contributed by atoms with Crippen LogP contribution in [0.2, 0.25) is 0 Å². The standard InChI is InChI=1S/C23H21N3O4/c1-3-15-8-7-11-17-18(12-24-21(15)17)19(27)14-30-23(28)22-20(29-2)13-26(25-22)16-9-5-4-6-10-16/h4-13,24H,3,14H2,1-2H3. The molecule has 0 amide bonds. The first-order valence-electron chi connectivity index (χ1n) is 9.60. The van der Waals surface area contributed by atoms with E-state index in [1.165, 1.54) is 11.8 Å². The number of nitrogens with zero attached hydrogens (tertiary/aromatic N) is 2. The fourth-order valence-corrected chi connectivity index (χ4v) is 3.38. The van der Waals surface area contributed by atoms with Gasteiger partial charge < -0.3 is 14.5 Å². The Morgan fingerprint density at radius 2 is 1.90 bits per heavy atom. The molecule has 0 bridgehead atoms. The van der Waals surface area contributed by atoms with Gasteiger partial charge in [0.1, 0.15) is 0 Å². The number of esters is 1. The molecular formula is C23H21N3O4. The van der Waals surface area contributed by atoms with Gasteiger partial charge in [-0.05, 0) is 24.1 Å².